The van der Waals surface area contributed by atoms with Crippen LogP contribution < -0.4 is 10.2 Å². The fourth-order valence-corrected chi connectivity index (χ4v) is 5.51. The Morgan fingerprint density at radius 1 is 0.947 bits per heavy atom. The monoisotopic (exact) mass is 530 g/mol. The van der Waals surface area contributed by atoms with E-state index in [1.54, 1.807) is 30.3 Å². The van der Waals surface area contributed by atoms with Crippen molar-refractivity contribution in [3.05, 3.63) is 94.5 Å². The molecule has 0 spiro atoms. The zero-order valence-corrected chi connectivity index (χ0v) is 21.6. The zero-order chi connectivity index (χ0) is 26.8. The molecule has 3 aromatic rings. The molecule has 1 saturated heterocycles. The van der Waals surface area contributed by atoms with Crippen molar-refractivity contribution in [2.75, 3.05) is 16.8 Å². The van der Waals surface area contributed by atoms with Gasteiger partial charge in [-0.15, -0.1) is 0 Å². The molecule has 5 rings (SSSR count). The molecule has 2 fully saturated rings. The number of benzene rings is 3. The normalized spacial score (nSPS) is 20.7. The van der Waals surface area contributed by atoms with E-state index >= 15 is 0 Å². The van der Waals surface area contributed by atoms with E-state index in [1.165, 1.54) is 22.6 Å². The second-order valence-corrected chi connectivity index (χ2v) is 10.2. The van der Waals surface area contributed by atoms with E-state index in [-0.39, 0.29) is 35.1 Å². The molecule has 1 saturated carbocycles. The van der Waals surface area contributed by atoms with Gasteiger partial charge in [-0.2, -0.15) is 0 Å². The number of ether oxygens (including phenoxy) is 1. The summed E-state index contributed by atoms with van der Waals surface area (Å²) in [5, 5.41) is 3.15. The van der Waals surface area contributed by atoms with Crippen LogP contribution in [-0.2, 0) is 19.1 Å². The number of carbonyl (C=O) groups is 4. The predicted molar refractivity (Wildman–Crippen MR) is 144 cm³/mol. The minimum atomic E-state index is -0.687. The first kappa shape index (κ1) is 25.7. The average molecular weight is 531 g/mol. The highest BCUT2D eigenvalue weighted by Crippen LogP contribution is 2.45. The number of amides is 3. The number of fused-ring (bicyclic) bond motifs is 1. The van der Waals surface area contributed by atoms with Gasteiger partial charge in [0.2, 0.25) is 11.8 Å². The van der Waals surface area contributed by atoms with Crippen LogP contribution in [0.2, 0.25) is 5.02 Å². The van der Waals surface area contributed by atoms with Crippen LogP contribution in [0.25, 0.3) is 0 Å². The first-order valence-electron chi connectivity index (χ1n) is 12.6. The van der Waals surface area contributed by atoms with Gasteiger partial charge in [-0.3, -0.25) is 19.3 Å². The van der Waals surface area contributed by atoms with Crippen LogP contribution in [0, 0.1) is 18.8 Å². The summed E-state index contributed by atoms with van der Waals surface area (Å²) in [5.41, 5.74) is 3.20. The molecular weight excluding hydrogens is 504 g/mol. The predicted octanol–water partition coefficient (Wildman–Crippen LogP) is 5.52. The molecule has 0 unspecified atom stereocenters. The van der Waals surface area contributed by atoms with E-state index in [9.17, 15) is 19.2 Å². The minimum Gasteiger partial charge on any atom is -0.452 e. The summed E-state index contributed by atoms with van der Waals surface area (Å²) in [7, 11) is 0. The van der Waals surface area contributed by atoms with Crippen LogP contribution in [0.5, 0.6) is 0 Å². The lowest BCUT2D eigenvalue weighted by Crippen LogP contribution is -2.30. The zero-order valence-electron chi connectivity index (χ0n) is 20.9. The fourth-order valence-electron chi connectivity index (χ4n) is 5.34. The molecule has 7 nitrogen and oxygen atoms in total. The standard InChI is InChI=1S/C30H27ClN2O5/c1-18-7-11-22(31)16-26(18)32-27(34)17-38-30(37)20-8-12-23(13-9-20)33-28(35)24-14-10-21(15-25(24)29(33)36)19-5-3-2-4-6-19/h2-9,11-13,16,21,24-25H,10,14-15,17H2,1H3,(H,32,34)/t21-,24+,25-/m0/s1. The maximum atomic E-state index is 13.3. The number of aryl methyl sites for hydroxylation is 1. The third-order valence-electron chi connectivity index (χ3n) is 7.37. The largest absolute Gasteiger partial charge is 0.452 e. The Hall–Kier alpha value is -3.97. The lowest BCUT2D eigenvalue weighted by atomic mass is 9.73. The van der Waals surface area contributed by atoms with Crippen molar-refractivity contribution in [3.63, 3.8) is 0 Å². The average Bonchev–Trinajstić information content (AvgIpc) is 3.19. The van der Waals surface area contributed by atoms with Gasteiger partial charge < -0.3 is 10.1 Å². The molecule has 3 amide bonds. The van der Waals surface area contributed by atoms with E-state index in [0.717, 1.165) is 12.0 Å². The van der Waals surface area contributed by atoms with Crippen LogP contribution in [0.4, 0.5) is 11.4 Å². The van der Waals surface area contributed by atoms with Crippen molar-refractivity contribution in [2.24, 2.45) is 11.8 Å². The van der Waals surface area contributed by atoms with Crippen molar-refractivity contribution in [1.82, 2.24) is 0 Å². The lowest BCUT2D eigenvalue weighted by Gasteiger charge is -2.28. The number of hydrogen-bond donors (Lipinski definition) is 1. The number of nitrogens with zero attached hydrogens (tertiary/aromatic N) is 1. The van der Waals surface area contributed by atoms with E-state index in [2.05, 4.69) is 17.4 Å². The number of anilines is 2. The Morgan fingerprint density at radius 2 is 1.66 bits per heavy atom. The summed E-state index contributed by atoms with van der Waals surface area (Å²) < 4.78 is 5.14. The van der Waals surface area contributed by atoms with Crippen LogP contribution in [0.3, 0.4) is 0 Å². The summed E-state index contributed by atoms with van der Waals surface area (Å²) in [5.74, 6) is -1.95. The molecule has 0 aromatic heterocycles. The van der Waals surface area contributed by atoms with Gasteiger partial charge in [-0.25, -0.2) is 4.79 Å². The van der Waals surface area contributed by atoms with Crippen molar-refractivity contribution in [3.8, 4) is 0 Å². The first-order valence-corrected chi connectivity index (χ1v) is 13.0. The Balaban J connectivity index is 1.20. The number of nitrogens with one attached hydrogen (secondary N) is 1. The number of imide groups is 1. The maximum Gasteiger partial charge on any atom is 0.338 e. The molecule has 1 N–H and O–H groups in total. The number of halogens is 1. The SMILES string of the molecule is Cc1ccc(Cl)cc1NC(=O)COC(=O)c1ccc(N2C(=O)[C@H]3C[C@@H](c4ccccc4)CC[C@H]3C2=O)cc1. The summed E-state index contributed by atoms with van der Waals surface area (Å²) in [4.78, 5) is 52.4. The van der Waals surface area contributed by atoms with Gasteiger partial charge in [0.05, 0.1) is 23.1 Å². The summed E-state index contributed by atoms with van der Waals surface area (Å²) in [6, 6.07) is 21.3. The number of carbonyl (C=O) groups excluding carboxylic acids is 4. The Labute approximate surface area is 225 Å². The van der Waals surface area contributed by atoms with Gasteiger partial charge in [0, 0.05) is 10.7 Å². The molecule has 194 valence electrons. The third kappa shape index (κ3) is 5.20. The fraction of sp³-hybridized carbons (Fsp3) is 0.267. The molecule has 38 heavy (non-hydrogen) atoms. The third-order valence-corrected chi connectivity index (χ3v) is 7.60. The van der Waals surface area contributed by atoms with Crippen LogP contribution in [0.1, 0.15) is 46.7 Å². The first-order chi connectivity index (χ1) is 18.3. The molecule has 2 aliphatic rings. The van der Waals surface area contributed by atoms with Gasteiger partial charge in [0.1, 0.15) is 0 Å². The van der Waals surface area contributed by atoms with Crippen molar-refractivity contribution in [1.29, 1.82) is 0 Å². The van der Waals surface area contributed by atoms with E-state index in [1.807, 2.05) is 25.1 Å². The molecule has 3 atom stereocenters. The molecule has 3 aromatic carbocycles. The van der Waals surface area contributed by atoms with Crippen molar-refractivity contribution < 1.29 is 23.9 Å². The molecule has 0 bridgehead atoms. The van der Waals surface area contributed by atoms with Gasteiger partial charge in [-0.05, 0) is 79.6 Å². The van der Waals surface area contributed by atoms with Gasteiger partial charge in [-0.1, -0.05) is 48.0 Å². The van der Waals surface area contributed by atoms with E-state index in [0.29, 0.717) is 29.2 Å². The second kappa shape index (κ2) is 10.8. The van der Waals surface area contributed by atoms with Crippen LogP contribution in [-0.4, -0.2) is 30.3 Å². The number of rotatable bonds is 6. The Kier molecular flexibility index (Phi) is 7.29. The Morgan fingerprint density at radius 3 is 2.39 bits per heavy atom. The molecule has 0 radical (unpaired) electrons. The minimum absolute atomic E-state index is 0.185. The van der Waals surface area contributed by atoms with Gasteiger partial charge >= 0.3 is 5.97 Å². The summed E-state index contributed by atoms with van der Waals surface area (Å²) in [6.07, 6.45) is 2.19. The molecule has 1 aliphatic heterocycles. The number of hydrogen-bond acceptors (Lipinski definition) is 5. The molecule has 1 aliphatic carbocycles. The van der Waals surface area contributed by atoms with Gasteiger partial charge in [0.15, 0.2) is 6.61 Å². The van der Waals surface area contributed by atoms with Gasteiger partial charge in [0.25, 0.3) is 5.91 Å². The lowest BCUT2D eigenvalue weighted by molar-refractivity contribution is -0.122. The van der Waals surface area contributed by atoms with Crippen LogP contribution in [0.15, 0.2) is 72.8 Å². The highest BCUT2D eigenvalue weighted by Gasteiger charge is 2.50. The van der Waals surface area contributed by atoms with Crippen LogP contribution >= 0.6 is 11.6 Å². The second-order valence-electron chi connectivity index (χ2n) is 9.78. The summed E-state index contributed by atoms with van der Waals surface area (Å²) in [6.45, 7) is 1.35. The van der Waals surface area contributed by atoms with Crippen molar-refractivity contribution in [2.45, 2.75) is 32.1 Å². The highest BCUT2D eigenvalue weighted by atomic mass is 35.5. The van der Waals surface area contributed by atoms with E-state index in [4.69, 9.17) is 16.3 Å². The highest BCUT2D eigenvalue weighted by molar-refractivity contribution is 6.31. The smallest absolute Gasteiger partial charge is 0.338 e. The Bertz CT molecular complexity index is 1390. The van der Waals surface area contributed by atoms with Crippen molar-refractivity contribution >= 4 is 46.7 Å². The molecule has 1 heterocycles. The van der Waals surface area contributed by atoms with E-state index < -0.39 is 18.5 Å². The quantitative estimate of drug-likeness (QED) is 0.335. The topological polar surface area (TPSA) is 92.8 Å². The molecular formula is C30H27ClN2O5. The molecule has 8 heteroatoms. The maximum absolute atomic E-state index is 13.3. The number of esters is 1. The summed E-state index contributed by atoms with van der Waals surface area (Å²) >= 11 is 5.97.